The molecule has 0 aromatic carbocycles. The molecule has 0 unspecified atom stereocenters. The molecule has 0 amide bonds. The SMILES string of the molecule is Fc1nc(OC2CCCCC2)ccc1Cl. The molecule has 1 fully saturated rings. The van der Waals surface area contributed by atoms with Crippen molar-refractivity contribution in [1.82, 2.24) is 4.98 Å². The maximum Gasteiger partial charge on any atom is 0.234 e. The molecule has 82 valence electrons. The normalized spacial score (nSPS) is 17.7. The summed E-state index contributed by atoms with van der Waals surface area (Å²) in [5.41, 5.74) is 0. The second-order valence-electron chi connectivity index (χ2n) is 3.80. The van der Waals surface area contributed by atoms with E-state index in [1.54, 1.807) is 6.07 Å². The van der Waals surface area contributed by atoms with Crippen LogP contribution in [0.1, 0.15) is 32.1 Å². The van der Waals surface area contributed by atoms with Crippen LogP contribution in [-0.2, 0) is 0 Å². The van der Waals surface area contributed by atoms with E-state index in [2.05, 4.69) is 4.98 Å². The van der Waals surface area contributed by atoms with E-state index in [0.29, 0.717) is 5.88 Å². The fraction of sp³-hybridized carbons (Fsp3) is 0.545. The fourth-order valence-corrected chi connectivity index (χ4v) is 1.93. The largest absolute Gasteiger partial charge is 0.474 e. The monoisotopic (exact) mass is 229 g/mol. The van der Waals surface area contributed by atoms with E-state index in [-0.39, 0.29) is 11.1 Å². The highest BCUT2D eigenvalue weighted by Crippen LogP contribution is 2.23. The summed E-state index contributed by atoms with van der Waals surface area (Å²) < 4.78 is 18.6. The van der Waals surface area contributed by atoms with Gasteiger partial charge in [-0.2, -0.15) is 9.37 Å². The summed E-state index contributed by atoms with van der Waals surface area (Å²) in [6.45, 7) is 0. The van der Waals surface area contributed by atoms with Crippen LogP contribution in [0.4, 0.5) is 4.39 Å². The first-order valence-corrected chi connectivity index (χ1v) is 5.62. The molecule has 0 saturated heterocycles. The zero-order valence-corrected chi connectivity index (χ0v) is 9.13. The van der Waals surface area contributed by atoms with E-state index >= 15 is 0 Å². The molecule has 0 N–H and O–H groups in total. The summed E-state index contributed by atoms with van der Waals surface area (Å²) in [6.07, 6.45) is 5.88. The summed E-state index contributed by atoms with van der Waals surface area (Å²) in [5, 5.41) is 0.0333. The molecule has 1 aliphatic carbocycles. The van der Waals surface area contributed by atoms with Gasteiger partial charge in [0.05, 0.1) is 5.02 Å². The van der Waals surface area contributed by atoms with Crippen molar-refractivity contribution < 1.29 is 9.13 Å². The van der Waals surface area contributed by atoms with Gasteiger partial charge < -0.3 is 4.74 Å². The van der Waals surface area contributed by atoms with Crippen LogP contribution in [0.2, 0.25) is 5.02 Å². The Morgan fingerprint density at radius 1 is 1.27 bits per heavy atom. The number of aromatic nitrogens is 1. The van der Waals surface area contributed by atoms with Crippen molar-refractivity contribution in [3.05, 3.63) is 23.1 Å². The molecule has 0 radical (unpaired) electrons. The van der Waals surface area contributed by atoms with Gasteiger partial charge in [0.1, 0.15) is 6.10 Å². The van der Waals surface area contributed by atoms with E-state index in [1.807, 2.05) is 0 Å². The number of ether oxygens (including phenoxy) is 1. The molecule has 0 bridgehead atoms. The Hall–Kier alpha value is -0.830. The predicted molar refractivity (Wildman–Crippen MR) is 56.7 cm³/mol. The highest BCUT2D eigenvalue weighted by Gasteiger charge is 2.15. The number of hydrogen-bond donors (Lipinski definition) is 0. The Morgan fingerprint density at radius 2 is 2.00 bits per heavy atom. The number of halogens is 2. The molecule has 4 heteroatoms. The Balaban J connectivity index is 2.00. The smallest absolute Gasteiger partial charge is 0.234 e. The van der Waals surface area contributed by atoms with E-state index < -0.39 is 5.95 Å². The average Bonchev–Trinajstić information content (AvgIpc) is 2.25. The van der Waals surface area contributed by atoms with Crippen LogP contribution in [0, 0.1) is 5.95 Å². The fourth-order valence-electron chi connectivity index (χ4n) is 1.82. The van der Waals surface area contributed by atoms with Crippen molar-refractivity contribution in [1.29, 1.82) is 0 Å². The van der Waals surface area contributed by atoms with Gasteiger partial charge in [-0.05, 0) is 31.7 Å². The van der Waals surface area contributed by atoms with Crippen molar-refractivity contribution in [3.8, 4) is 5.88 Å². The lowest BCUT2D eigenvalue weighted by Crippen LogP contribution is -2.20. The Labute approximate surface area is 93.4 Å². The highest BCUT2D eigenvalue weighted by molar-refractivity contribution is 6.30. The van der Waals surface area contributed by atoms with Crippen molar-refractivity contribution in [3.63, 3.8) is 0 Å². The highest BCUT2D eigenvalue weighted by atomic mass is 35.5. The summed E-state index contributed by atoms with van der Waals surface area (Å²) in [7, 11) is 0. The van der Waals surface area contributed by atoms with E-state index in [0.717, 1.165) is 12.8 Å². The van der Waals surface area contributed by atoms with Gasteiger partial charge in [0.15, 0.2) is 0 Å². The summed E-state index contributed by atoms with van der Waals surface area (Å²) in [6, 6.07) is 3.09. The van der Waals surface area contributed by atoms with Crippen LogP contribution in [-0.4, -0.2) is 11.1 Å². The molecule has 0 spiro atoms. The van der Waals surface area contributed by atoms with Crippen LogP contribution >= 0.6 is 11.6 Å². The topological polar surface area (TPSA) is 22.1 Å². The van der Waals surface area contributed by atoms with Gasteiger partial charge >= 0.3 is 0 Å². The van der Waals surface area contributed by atoms with Crippen molar-refractivity contribution in [2.75, 3.05) is 0 Å². The van der Waals surface area contributed by atoms with Crippen LogP contribution in [0.3, 0.4) is 0 Å². The maximum atomic E-state index is 13.0. The van der Waals surface area contributed by atoms with E-state index in [1.165, 1.54) is 25.3 Å². The van der Waals surface area contributed by atoms with Gasteiger partial charge in [0, 0.05) is 6.07 Å². The number of rotatable bonds is 2. The van der Waals surface area contributed by atoms with Crippen LogP contribution in [0.15, 0.2) is 12.1 Å². The Kier molecular flexibility index (Phi) is 3.41. The first-order valence-electron chi connectivity index (χ1n) is 5.24. The van der Waals surface area contributed by atoms with Crippen LogP contribution in [0.25, 0.3) is 0 Å². The van der Waals surface area contributed by atoms with Gasteiger partial charge in [-0.3, -0.25) is 0 Å². The minimum absolute atomic E-state index is 0.0333. The quantitative estimate of drug-likeness (QED) is 0.723. The maximum absolute atomic E-state index is 13.0. The number of hydrogen-bond acceptors (Lipinski definition) is 2. The lowest BCUT2D eigenvalue weighted by Gasteiger charge is -2.22. The zero-order valence-electron chi connectivity index (χ0n) is 8.38. The van der Waals surface area contributed by atoms with Gasteiger partial charge in [0.2, 0.25) is 11.8 Å². The Bertz CT molecular complexity index is 339. The lowest BCUT2D eigenvalue weighted by molar-refractivity contribution is 0.147. The zero-order chi connectivity index (χ0) is 10.7. The summed E-state index contributed by atoms with van der Waals surface area (Å²) >= 11 is 5.53. The third-order valence-corrected chi connectivity index (χ3v) is 2.90. The van der Waals surface area contributed by atoms with Crippen molar-refractivity contribution in [2.24, 2.45) is 0 Å². The molecular weight excluding hydrogens is 217 g/mol. The first-order chi connectivity index (χ1) is 7.25. The number of nitrogens with zero attached hydrogens (tertiary/aromatic N) is 1. The second kappa shape index (κ2) is 4.79. The molecule has 1 aromatic rings. The molecule has 1 aliphatic rings. The minimum Gasteiger partial charge on any atom is -0.474 e. The average molecular weight is 230 g/mol. The molecular formula is C11H13ClFNO. The molecule has 0 aliphatic heterocycles. The van der Waals surface area contributed by atoms with Crippen LogP contribution < -0.4 is 4.74 Å². The van der Waals surface area contributed by atoms with Crippen LogP contribution in [0.5, 0.6) is 5.88 Å². The molecule has 1 heterocycles. The van der Waals surface area contributed by atoms with Crippen molar-refractivity contribution >= 4 is 11.6 Å². The van der Waals surface area contributed by atoms with E-state index in [4.69, 9.17) is 16.3 Å². The second-order valence-corrected chi connectivity index (χ2v) is 4.21. The third kappa shape index (κ3) is 2.81. The van der Waals surface area contributed by atoms with Gasteiger partial charge in [-0.25, -0.2) is 0 Å². The molecule has 2 nitrogen and oxygen atoms in total. The molecule has 1 aromatic heterocycles. The minimum atomic E-state index is -0.662. The van der Waals surface area contributed by atoms with Gasteiger partial charge in [-0.15, -0.1) is 0 Å². The third-order valence-electron chi connectivity index (χ3n) is 2.62. The Morgan fingerprint density at radius 3 is 2.67 bits per heavy atom. The van der Waals surface area contributed by atoms with E-state index in [9.17, 15) is 4.39 Å². The molecule has 0 atom stereocenters. The summed E-state index contributed by atoms with van der Waals surface area (Å²) in [5.74, 6) is -0.325. The van der Waals surface area contributed by atoms with Gasteiger partial charge in [-0.1, -0.05) is 18.0 Å². The van der Waals surface area contributed by atoms with Gasteiger partial charge in [0.25, 0.3) is 0 Å². The molecule has 2 rings (SSSR count). The molecule has 15 heavy (non-hydrogen) atoms. The molecule has 1 saturated carbocycles. The standard InChI is InChI=1S/C11H13ClFNO/c12-9-6-7-10(14-11(9)13)15-8-4-2-1-3-5-8/h6-8H,1-5H2. The lowest BCUT2D eigenvalue weighted by atomic mass is 9.98. The number of pyridine rings is 1. The van der Waals surface area contributed by atoms with Crippen molar-refractivity contribution in [2.45, 2.75) is 38.2 Å². The first kappa shape index (κ1) is 10.7. The summed E-state index contributed by atoms with van der Waals surface area (Å²) in [4.78, 5) is 3.65. The predicted octanol–water partition coefficient (Wildman–Crippen LogP) is 3.59.